The van der Waals surface area contributed by atoms with E-state index in [4.69, 9.17) is 19.2 Å². The van der Waals surface area contributed by atoms with E-state index in [0.29, 0.717) is 36.4 Å². The van der Waals surface area contributed by atoms with Crippen molar-refractivity contribution in [3.63, 3.8) is 0 Å². The molecule has 1 aliphatic rings. The number of quaternary nitrogens is 1. The number of ether oxygens (including phenoxy) is 3. The lowest BCUT2D eigenvalue weighted by Gasteiger charge is -2.20. The Balaban J connectivity index is 1.57. The van der Waals surface area contributed by atoms with Crippen molar-refractivity contribution < 1.29 is 23.9 Å². The van der Waals surface area contributed by atoms with Crippen LogP contribution in [0.2, 0.25) is 0 Å². The zero-order chi connectivity index (χ0) is 20.2. The molecule has 1 amide bonds. The summed E-state index contributed by atoms with van der Waals surface area (Å²) in [5.41, 5.74) is 0.799. The maximum absolute atomic E-state index is 13.0. The smallest absolute Gasteiger partial charge is 0.266 e. The Morgan fingerprint density at radius 3 is 2.62 bits per heavy atom. The number of nitrogens with zero attached hydrogens (tertiary/aromatic N) is 2. The van der Waals surface area contributed by atoms with Gasteiger partial charge >= 0.3 is 0 Å². The summed E-state index contributed by atoms with van der Waals surface area (Å²) in [6.07, 6.45) is 0. The van der Waals surface area contributed by atoms with Gasteiger partial charge in [-0.05, 0) is 12.1 Å². The topological polar surface area (TPSA) is 65.3 Å². The number of hydrogen-bond acceptors (Lipinski definition) is 6. The van der Waals surface area contributed by atoms with Gasteiger partial charge in [0.1, 0.15) is 19.0 Å². The molecule has 0 atom stereocenters. The third kappa shape index (κ3) is 4.60. The SMILES string of the molecule is C[NH+](C)CCN(C(=O)COc1ccccc1)c1nc2cc3c(cc2s1)OCCO3. The molecule has 0 radical (unpaired) electrons. The lowest BCUT2D eigenvalue weighted by atomic mass is 10.3. The van der Waals surface area contributed by atoms with Crippen molar-refractivity contribution in [1.29, 1.82) is 0 Å². The highest BCUT2D eigenvalue weighted by molar-refractivity contribution is 7.22. The number of benzene rings is 2. The predicted octanol–water partition coefficient (Wildman–Crippen LogP) is 1.62. The van der Waals surface area contributed by atoms with E-state index in [1.165, 1.54) is 16.2 Å². The highest BCUT2D eigenvalue weighted by Crippen LogP contribution is 2.38. The normalized spacial score (nSPS) is 12.9. The van der Waals surface area contributed by atoms with Crippen molar-refractivity contribution in [1.82, 2.24) is 4.98 Å². The Labute approximate surface area is 173 Å². The van der Waals surface area contributed by atoms with E-state index in [2.05, 4.69) is 14.1 Å². The largest absolute Gasteiger partial charge is 0.486 e. The summed E-state index contributed by atoms with van der Waals surface area (Å²) in [6.45, 7) is 2.40. The van der Waals surface area contributed by atoms with Crippen LogP contribution in [0, 0.1) is 0 Å². The number of rotatable bonds is 7. The number of carbonyl (C=O) groups excluding carboxylic acids is 1. The van der Waals surface area contributed by atoms with Crippen LogP contribution in [-0.4, -0.2) is 57.9 Å². The van der Waals surface area contributed by atoms with Gasteiger partial charge in [0.2, 0.25) is 0 Å². The molecule has 0 bridgehead atoms. The molecule has 4 rings (SSSR count). The van der Waals surface area contributed by atoms with Crippen LogP contribution < -0.4 is 24.0 Å². The van der Waals surface area contributed by atoms with Gasteiger partial charge in [0.15, 0.2) is 23.2 Å². The van der Waals surface area contributed by atoms with E-state index in [9.17, 15) is 4.79 Å². The van der Waals surface area contributed by atoms with E-state index in [0.717, 1.165) is 22.5 Å². The predicted molar refractivity (Wildman–Crippen MR) is 113 cm³/mol. The van der Waals surface area contributed by atoms with Crippen LogP contribution in [0.3, 0.4) is 0 Å². The van der Waals surface area contributed by atoms with E-state index in [-0.39, 0.29) is 12.5 Å². The molecule has 0 aliphatic carbocycles. The molecule has 29 heavy (non-hydrogen) atoms. The molecule has 0 saturated heterocycles. The average molecular weight is 415 g/mol. The Morgan fingerprint density at radius 2 is 1.90 bits per heavy atom. The summed E-state index contributed by atoms with van der Waals surface area (Å²) in [5, 5.41) is 0.658. The fourth-order valence-corrected chi connectivity index (χ4v) is 3.99. The molecule has 7 nitrogen and oxygen atoms in total. The quantitative estimate of drug-likeness (QED) is 0.637. The third-order valence-corrected chi connectivity index (χ3v) is 5.56. The Bertz CT molecular complexity index is 947. The summed E-state index contributed by atoms with van der Waals surface area (Å²) >= 11 is 1.47. The van der Waals surface area contributed by atoms with Crippen molar-refractivity contribution in [2.45, 2.75) is 0 Å². The van der Waals surface area contributed by atoms with Crippen molar-refractivity contribution in [3.8, 4) is 17.2 Å². The fourth-order valence-electron chi connectivity index (χ4n) is 2.97. The first-order valence-electron chi connectivity index (χ1n) is 9.57. The van der Waals surface area contributed by atoms with Crippen LogP contribution in [0.5, 0.6) is 17.2 Å². The fraction of sp³-hybridized carbons (Fsp3) is 0.333. The molecule has 0 unspecified atom stereocenters. The zero-order valence-corrected chi connectivity index (χ0v) is 17.3. The highest BCUT2D eigenvalue weighted by Gasteiger charge is 2.23. The van der Waals surface area contributed by atoms with Crippen LogP contribution in [-0.2, 0) is 4.79 Å². The second-order valence-corrected chi connectivity index (χ2v) is 8.07. The molecule has 1 aliphatic heterocycles. The number of thiazole rings is 1. The maximum atomic E-state index is 13.0. The van der Waals surface area contributed by atoms with Crippen molar-refractivity contribution in [2.24, 2.45) is 0 Å². The Hall–Kier alpha value is -2.84. The molecule has 2 aromatic carbocycles. The number of amides is 1. The number of carbonyl (C=O) groups is 1. The minimum absolute atomic E-state index is 0.0363. The second-order valence-electron chi connectivity index (χ2n) is 7.06. The van der Waals surface area contributed by atoms with Crippen LogP contribution in [0.4, 0.5) is 5.13 Å². The summed E-state index contributed by atoms with van der Waals surface area (Å²) in [6, 6.07) is 13.2. The van der Waals surface area contributed by atoms with Gasteiger partial charge in [-0.25, -0.2) is 4.98 Å². The molecule has 0 spiro atoms. The second kappa shape index (κ2) is 8.67. The lowest BCUT2D eigenvalue weighted by Crippen LogP contribution is -3.06. The molecule has 0 fully saturated rings. The van der Waals surface area contributed by atoms with Gasteiger partial charge in [0.25, 0.3) is 5.91 Å². The van der Waals surface area contributed by atoms with Gasteiger partial charge in [0.05, 0.1) is 37.4 Å². The van der Waals surface area contributed by atoms with Crippen molar-refractivity contribution in [3.05, 3.63) is 42.5 Å². The van der Waals surface area contributed by atoms with Crippen LogP contribution in [0.25, 0.3) is 10.2 Å². The molecule has 1 aromatic heterocycles. The number of fused-ring (bicyclic) bond motifs is 2. The van der Waals surface area contributed by atoms with Gasteiger partial charge in [-0.15, -0.1) is 0 Å². The van der Waals surface area contributed by atoms with Gasteiger partial charge < -0.3 is 19.1 Å². The first-order valence-corrected chi connectivity index (χ1v) is 10.4. The third-order valence-electron chi connectivity index (χ3n) is 4.51. The van der Waals surface area contributed by atoms with Crippen molar-refractivity contribution in [2.75, 3.05) is 51.9 Å². The molecule has 8 heteroatoms. The van der Waals surface area contributed by atoms with Crippen molar-refractivity contribution >= 4 is 32.6 Å². The number of para-hydroxylation sites is 1. The molecular weight excluding hydrogens is 390 g/mol. The minimum Gasteiger partial charge on any atom is -0.486 e. The molecule has 152 valence electrons. The van der Waals surface area contributed by atoms with E-state index in [1.54, 1.807) is 4.90 Å². The van der Waals surface area contributed by atoms with E-state index in [1.807, 2.05) is 42.5 Å². The van der Waals surface area contributed by atoms with E-state index >= 15 is 0 Å². The van der Waals surface area contributed by atoms with Gasteiger partial charge in [-0.3, -0.25) is 9.69 Å². The number of likely N-dealkylation sites (N-methyl/N-ethyl adjacent to an activating group) is 1. The zero-order valence-electron chi connectivity index (χ0n) is 16.5. The molecule has 3 aromatic rings. The van der Waals surface area contributed by atoms with Crippen LogP contribution >= 0.6 is 11.3 Å². The summed E-state index contributed by atoms with van der Waals surface area (Å²) in [5.74, 6) is 1.97. The minimum atomic E-state index is -0.119. The van der Waals surface area contributed by atoms with Crippen LogP contribution in [0.1, 0.15) is 0 Å². The average Bonchev–Trinajstić information content (AvgIpc) is 3.13. The summed E-state index contributed by atoms with van der Waals surface area (Å²) in [7, 11) is 4.12. The van der Waals surface area contributed by atoms with Gasteiger partial charge in [-0.2, -0.15) is 0 Å². The monoisotopic (exact) mass is 414 g/mol. The van der Waals surface area contributed by atoms with Gasteiger partial charge in [0, 0.05) is 12.1 Å². The van der Waals surface area contributed by atoms with E-state index < -0.39 is 0 Å². The number of hydrogen-bond donors (Lipinski definition) is 1. The van der Waals surface area contributed by atoms with Gasteiger partial charge in [-0.1, -0.05) is 29.5 Å². The summed E-state index contributed by atoms with van der Waals surface area (Å²) in [4.78, 5) is 20.6. The van der Waals surface area contributed by atoms with Crippen LogP contribution in [0.15, 0.2) is 42.5 Å². The Morgan fingerprint density at radius 1 is 1.17 bits per heavy atom. The number of aromatic nitrogens is 1. The molecule has 0 saturated carbocycles. The summed E-state index contributed by atoms with van der Waals surface area (Å²) < 4.78 is 17.9. The number of anilines is 1. The lowest BCUT2D eigenvalue weighted by molar-refractivity contribution is -0.856. The highest BCUT2D eigenvalue weighted by atomic mass is 32.1. The number of nitrogens with one attached hydrogen (secondary N) is 1. The first kappa shape index (κ1) is 19.5. The molecule has 1 N–H and O–H groups in total. The molecular formula is C21H24N3O4S+. The molecule has 2 heterocycles. The first-order chi connectivity index (χ1) is 14.1. The maximum Gasteiger partial charge on any atom is 0.266 e. The standard InChI is InChI=1S/C21H23N3O4S/c1-23(2)8-9-24(20(25)14-28-15-6-4-3-5-7-15)21-22-16-12-17-18(13-19(16)29-21)27-11-10-26-17/h3-7,12-13H,8-11,14H2,1-2H3/p+1. The Kier molecular flexibility index (Phi) is 5.82.